The van der Waals surface area contributed by atoms with Gasteiger partial charge in [0, 0.05) is 22.4 Å². The van der Waals surface area contributed by atoms with Gasteiger partial charge in [0.2, 0.25) is 0 Å². The Kier molecular flexibility index (Phi) is 2.78. The Bertz CT molecular complexity index is 529. The van der Waals surface area contributed by atoms with E-state index in [0.29, 0.717) is 17.2 Å². The molecular weight excluding hydrogens is 258 g/mol. The van der Waals surface area contributed by atoms with Crippen LogP contribution in [0.1, 0.15) is 29.9 Å². The second kappa shape index (κ2) is 4.29. The number of fused-ring (bicyclic) bond motifs is 1. The molecule has 1 aromatic carbocycles. The first-order valence-corrected chi connectivity index (χ1v) is 6.58. The van der Waals surface area contributed by atoms with E-state index in [4.69, 9.17) is 16.3 Å². The first kappa shape index (κ1) is 11.0. The highest BCUT2D eigenvalue weighted by atomic mass is 35.5. The number of nitrogens with zero attached hydrogens (tertiary/aromatic N) is 1. The Morgan fingerprint density at radius 1 is 1.47 bits per heavy atom. The SMILES string of the molecule is OC1CC(c2cscn2)Oc2ccc(Cl)cc21. The van der Waals surface area contributed by atoms with E-state index < -0.39 is 6.10 Å². The molecule has 2 heterocycles. The molecule has 1 aromatic heterocycles. The van der Waals surface area contributed by atoms with Gasteiger partial charge < -0.3 is 9.84 Å². The van der Waals surface area contributed by atoms with Crippen LogP contribution in [0.3, 0.4) is 0 Å². The van der Waals surface area contributed by atoms with Crippen molar-refractivity contribution < 1.29 is 9.84 Å². The van der Waals surface area contributed by atoms with Crippen molar-refractivity contribution in [2.75, 3.05) is 0 Å². The molecule has 1 N–H and O–H groups in total. The molecule has 88 valence electrons. The minimum Gasteiger partial charge on any atom is -0.484 e. The highest BCUT2D eigenvalue weighted by Crippen LogP contribution is 2.41. The van der Waals surface area contributed by atoms with Crippen LogP contribution >= 0.6 is 22.9 Å². The first-order chi connectivity index (χ1) is 8.24. The maximum Gasteiger partial charge on any atom is 0.144 e. The number of aliphatic hydroxyl groups is 1. The average Bonchev–Trinajstić information content (AvgIpc) is 2.83. The number of benzene rings is 1. The van der Waals surface area contributed by atoms with Gasteiger partial charge in [-0.05, 0) is 18.2 Å². The lowest BCUT2D eigenvalue weighted by Gasteiger charge is -2.28. The molecule has 0 radical (unpaired) electrons. The van der Waals surface area contributed by atoms with Crippen LogP contribution in [0.4, 0.5) is 0 Å². The number of ether oxygens (including phenoxy) is 1. The van der Waals surface area contributed by atoms with Gasteiger partial charge in [-0.1, -0.05) is 11.6 Å². The summed E-state index contributed by atoms with van der Waals surface area (Å²) in [6.45, 7) is 0. The fraction of sp³-hybridized carbons (Fsp3) is 0.250. The molecule has 0 aliphatic carbocycles. The number of hydrogen-bond acceptors (Lipinski definition) is 4. The number of rotatable bonds is 1. The molecule has 0 amide bonds. The monoisotopic (exact) mass is 267 g/mol. The number of aliphatic hydroxyl groups excluding tert-OH is 1. The smallest absolute Gasteiger partial charge is 0.144 e. The lowest BCUT2D eigenvalue weighted by Crippen LogP contribution is -2.19. The molecule has 5 heteroatoms. The Balaban J connectivity index is 1.96. The third-order valence-electron chi connectivity index (χ3n) is 2.82. The van der Waals surface area contributed by atoms with E-state index in [1.165, 1.54) is 11.3 Å². The number of hydrogen-bond donors (Lipinski definition) is 1. The average molecular weight is 268 g/mol. The molecule has 0 saturated heterocycles. The minimum absolute atomic E-state index is 0.176. The van der Waals surface area contributed by atoms with Gasteiger partial charge >= 0.3 is 0 Å². The second-order valence-corrected chi connectivity index (χ2v) is 5.11. The summed E-state index contributed by atoms with van der Waals surface area (Å²) < 4.78 is 5.83. The van der Waals surface area contributed by atoms with Crippen LogP contribution in [-0.2, 0) is 0 Å². The van der Waals surface area contributed by atoms with Gasteiger partial charge in [0.05, 0.1) is 17.3 Å². The molecule has 0 fully saturated rings. The van der Waals surface area contributed by atoms with Crippen molar-refractivity contribution >= 4 is 22.9 Å². The van der Waals surface area contributed by atoms with E-state index in [1.807, 2.05) is 5.38 Å². The molecule has 2 unspecified atom stereocenters. The van der Waals surface area contributed by atoms with Crippen molar-refractivity contribution in [2.45, 2.75) is 18.6 Å². The molecule has 2 aromatic rings. The van der Waals surface area contributed by atoms with Gasteiger partial charge in [-0.25, -0.2) is 4.98 Å². The van der Waals surface area contributed by atoms with E-state index in [9.17, 15) is 5.11 Å². The Morgan fingerprint density at radius 2 is 2.35 bits per heavy atom. The van der Waals surface area contributed by atoms with Crippen LogP contribution in [0.2, 0.25) is 5.02 Å². The van der Waals surface area contributed by atoms with E-state index in [2.05, 4.69) is 4.98 Å². The largest absolute Gasteiger partial charge is 0.484 e. The van der Waals surface area contributed by atoms with Crippen LogP contribution in [0, 0.1) is 0 Å². The number of halogens is 1. The molecule has 3 nitrogen and oxygen atoms in total. The van der Waals surface area contributed by atoms with Crippen molar-refractivity contribution in [1.29, 1.82) is 0 Å². The Labute approximate surface area is 108 Å². The molecule has 0 saturated carbocycles. The lowest BCUT2D eigenvalue weighted by molar-refractivity contribution is 0.0640. The van der Waals surface area contributed by atoms with Gasteiger partial charge in [0.1, 0.15) is 11.9 Å². The highest BCUT2D eigenvalue weighted by Gasteiger charge is 2.29. The van der Waals surface area contributed by atoms with Crippen LogP contribution in [0.5, 0.6) is 5.75 Å². The lowest BCUT2D eigenvalue weighted by atomic mass is 9.98. The number of thiazole rings is 1. The van der Waals surface area contributed by atoms with Gasteiger partial charge in [0.15, 0.2) is 0 Å². The summed E-state index contributed by atoms with van der Waals surface area (Å²) in [5, 5.41) is 12.6. The van der Waals surface area contributed by atoms with E-state index >= 15 is 0 Å². The third kappa shape index (κ3) is 2.04. The standard InChI is InChI=1S/C12H10ClNO2S/c13-7-1-2-11-8(3-7)10(15)4-12(16-11)9-5-17-6-14-9/h1-3,5-6,10,12,15H,4H2. The van der Waals surface area contributed by atoms with Crippen LogP contribution < -0.4 is 4.74 Å². The van der Waals surface area contributed by atoms with Crippen molar-refractivity contribution in [2.24, 2.45) is 0 Å². The maximum absolute atomic E-state index is 10.1. The summed E-state index contributed by atoms with van der Waals surface area (Å²) in [4.78, 5) is 4.22. The molecule has 1 aliphatic heterocycles. The summed E-state index contributed by atoms with van der Waals surface area (Å²) in [5.41, 5.74) is 3.39. The van der Waals surface area contributed by atoms with Gasteiger partial charge in [-0.15, -0.1) is 11.3 Å². The second-order valence-electron chi connectivity index (χ2n) is 3.95. The molecular formula is C12H10ClNO2S. The maximum atomic E-state index is 10.1. The molecule has 0 spiro atoms. The first-order valence-electron chi connectivity index (χ1n) is 5.26. The van der Waals surface area contributed by atoms with Crippen molar-refractivity contribution in [1.82, 2.24) is 4.98 Å². The van der Waals surface area contributed by atoms with Crippen LogP contribution in [-0.4, -0.2) is 10.1 Å². The zero-order valence-corrected chi connectivity index (χ0v) is 10.4. The molecule has 1 aliphatic rings. The predicted molar refractivity (Wildman–Crippen MR) is 66.5 cm³/mol. The normalized spacial score (nSPS) is 22.9. The predicted octanol–water partition coefficient (Wildman–Crippen LogP) is 3.35. The highest BCUT2D eigenvalue weighted by molar-refractivity contribution is 7.07. The van der Waals surface area contributed by atoms with E-state index in [1.54, 1.807) is 23.7 Å². The van der Waals surface area contributed by atoms with E-state index in [-0.39, 0.29) is 6.10 Å². The van der Waals surface area contributed by atoms with Crippen LogP contribution in [0.15, 0.2) is 29.1 Å². The zero-order chi connectivity index (χ0) is 11.8. The molecule has 2 atom stereocenters. The summed E-state index contributed by atoms with van der Waals surface area (Å²) in [6.07, 6.45) is -0.217. The fourth-order valence-electron chi connectivity index (χ4n) is 1.98. The van der Waals surface area contributed by atoms with Crippen molar-refractivity contribution in [3.05, 3.63) is 45.4 Å². The minimum atomic E-state index is -0.552. The topological polar surface area (TPSA) is 42.4 Å². The summed E-state index contributed by atoms with van der Waals surface area (Å²) in [6, 6.07) is 5.30. The quantitative estimate of drug-likeness (QED) is 0.862. The summed E-state index contributed by atoms with van der Waals surface area (Å²) in [7, 11) is 0. The molecule has 17 heavy (non-hydrogen) atoms. The zero-order valence-electron chi connectivity index (χ0n) is 8.84. The van der Waals surface area contributed by atoms with Gasteiger partial charge in [-0.2, -0.15) is 0 Å². The van der Waals surface area contributed by atoms with Crippen molar-refractivity contribution in [3.8, 4) is 5.75 Å². The van der Waals surface area contributed by atoms with E-state index in [0.717, 1.165) is 11.3 Å². The molecule has 3 rings (SSSR count). The number of aromatic nitrogens is 1. The third-order valence-corrected chi connectivity index (χ3v) is 3.66. The van der Waals surface area contributed by atoms with Crippen LogP contribution in [0.25, 0.3) is 0 Å². The van der Waals surface area contributed by atoms with Crippen molar-refractivity contribution in [3.63, 3.8) is 0 Å². The summed E-state index contributed by atoms with van der Waals surface area (Å²) in [5.74, 6) is 0.686. The Morgan fingerprint density at radius 3 is 3.12 bits per heavy atom. The van der Waals surface area contributed by atoms with Gasteiger partial charge in [-0.3, -0.25) is 0 Å². The molecule has 0 bridgehead atoms. The Hall–Kier alpha value is -1.10. The fourth-order valence-corrected chi connectivity index (χ4v) is 2.76. The summed E-state index contributed by atoms with van der Waals surface area (Å²) >= 11 is 7.42. The van der Waals surface area contributed by atoms with Gasteiger partial charge in [0.25, 0.3) is 0 Å².